The molecule has 27 nitrogen and oxygen atoms in total. The summed E-state index contributed by atoms with van der Waals surface area (Å²) in [5.41, 5.74) is 8.32. The highest BCUT2D eigenvalue weighted by molar-refractivity contribution is 7.47. The van der Waals surface area contributed by atoms with Crippen LogP contribution in [0.1, 0.15) is 43.5 Å². The fourth-order valence-corrected chi connectivity index (χ4v) is 8.57. The zero-order valence-corrected chi connectivity index (χ0v) is 31.9. The number of anilines is 2. The molecule has 4 aromatic rings. The number of hydrogen-bond donors (Lipinski definition) is 8. The standard InChI is InChI=1S/C29H38N10O17P2/c1-12-7-38(29(45)36-25(12)42)21-6-15(56-57(46,47)50-9-17-13(41)4-20(53-17)37-3-2-19(30)33-28(37)44)18(54-21)10-51-58(48,49)55-14-5-22(52-16(14)8-40)39-11-32-23-24(39)34-27(31)35-26(23)43/h2-3,7,11,13-18,20-22,40-41H,4-6,8-10H2,1H3,(H,46,47)(H,48,49)(H2,30,33,44)(H,36,42,45)(H3,31,34,35,43)/t13-,14-,15-,16+,17+,18+,20+,21+,22+/m0/s1. The molecule has 3 saturated heterocycles. The highest BCUT2D eigenvalue weighted by Crippen LogP contribution is 2.52. The molecule has 3 aliphatic heterocycles. The van der Waals surface area contributed by atoms with E-state index in [0.29, 0.717) is 0 Å². The van der Waals surface area contributed by atoms with Crippen molar-refractivity contribution in [2.45, 2.75) is 81.5 Å². The van der Waals surface area contributed by atoms with Gasteiger partial charge in [-0.05, 0) is 13.0 Å². The van der Waals surface area contributed by atoms with Crippen LogP contribution in [-0.2, 0) is 41.4 Å². The van der Waals surface area contributed by atoms with Crippen LogP contribution in [0.15, 0.2) is 44.0 Å². The molecule has 11 atom stereocenters. The van der Waals surface area contributed by atoms with Gasteiger partial charge >= 0.3 is 27.0 Å². The van der Waals surface area contributed by atoms with Crippen LogP contribution in [0.2, 0.25) is 0 Å². The van der Waals surface area contributed by atoms with E-state index in [1.54, 1.807) is 0 Å². The Morgan fingerprint density at radius 2 is 1.45 bits per heavy atom. The third kappa shape index (κ3) is 8.91. The summed E-state index contributed by atoms with van der Waals surface area (Å²) in [7, 11) is -10.2. The largest absolute Gasteiger partial charge is 0.472 e. The molecule has 7 rings (SSSR count). The Morgan fingerprint density at radius 3 is 2.12 bits per heavy atom. The molecule has 10 N–H and O–H groups in total. The molecule has 7 heterocycles. The minimum absolute atomic E-state index is 0.0349. The number of aliphatic hydroxyl groups excluding tert-OH is 2. The number of aromatic nitrogens is 8. The van der Waals surface area contributed by atoms with Crippen LogP contribution < -0.4 is 34.0 Å². The van der Waals surface area contributed by atoms with Crippen molar-refractivity contribution in [1.82, 2.24) is 38.6 Å². The van der Waals surface area contributed by atoms with Gasteiger partial charge in [-0.2, -0.15) is 9.97 Å². The molecular weight excluding hydrogens is 822 g/mol. The number of H-pyrrole nitrogens is 2. The van der Waals surface area contributed by atoms with E-state index in [0.717, 1.165) is 9.13 Å². The Bertz CT molecular complexity index is 2510. The van der Waals surface area contributed by atoms with Crippen LogP contribution in [0.4, 0.5) is 11.8 Å². The first-order valence-corrected chi connectivity index (χ1v) is 20.3. The lowest BCUT2D eigenvalue weighted by molar-refractivity contribution is -0.0615. The Balaban J connectivity index is 1.03. The van der Waals surface area contributed by atoms with Crippen molar-refractivity contribution in [2.75, 3.05) is 31.3 Å². The fraction of sp³-hybridized carbons (Fsp3) is 0.552. The number of nitrogens with zero attached hydrogens (tertiary/aromatic N) is 6. The van der Waals surface area contributed by atoms with Gasteiger partial charge in [-0.15, -0.1) is 0 Å². The average molecular weight is 861 g/mol. The molecule has 316 valence electrons. The summed E-state index contributed by atoms with van der Waals surface area (Å²) in [6, 6.07) is 1.34. The summed E-state index contributed by atoms with van der Waals surface area (Å²) in [6.45, 7) is -0.811. The van der Waals surface area contributed by atoms with Crippen LogP contribution in [-0.4, -0.2) is 115 Å². The Labute approximate surface area is 323 Å². The second-order valence-electron chi connectivity index (χ2n) is 13.5. The second-order valence-corrected chi connectivity index (χ2v) is 16.3. The van der Waals surface area contributed by atoms with Crippen LogP contribution in [0.25, 0.3) is 11.2 Å². The van der Waals surface area contributed by atoms with Gasteiger partial charge in [0.15, 0.2) is 11.2 Å². The predicted octanol–water partition coefficient (Wildman–Crippen LogP) is -2.38. The van der Waals surface area contributed by atoms with Crippen LogP contribution in [0, 0.1) is 6.92 Å². The molecule has 29 heteroatoms. The summed E-state index contributed by atoms with van der Waals surface area (Å²) < 4.78 is 68.4. The molecule has 0 spiro atoms. The van der Waals surface area contributed by atoms with E-state index in [1.165, 1.54) is 36.3 Å². The molecule has 3 aliphatic rings. The quantitative estimate of drug-likeness (QED) is 0.0614. The lowest BCUT2D eigenvalue weighted by atomic mass is 10.2. The van der Waals surface area contributed by atoms with Gasteiger partial charge in [-0.1, -0.05) is 0 Å². The van der Waals surface area contributed by atoms with Crippen molar-refractivity contribution in [2.24, 2.45) is 0 Å². The summed E-state index contributed by atoms with van der Waals surface area (Å²) >= 11 is 0. The fourth-order valence-electron chi connectivity index (χ4n) is 6.65. The van der Waals surface area contributed by atoms with Gasteiger partial charge < -0.3 is 45.7 Å². The van der Waals surface area contributed by atoms with Crippen LogP contribution >= 0.6 is 15.6 Å². The molecule has 4 aromatic heterocycles. The van der Waals surface area contributed by atoms with E-state index in [2.05, 4.69) is 24.9 Å². The lowest BCUT2D eigenvalue weighted by Crippen LogP contribution is -2.33. The van der Waals surface area contributed by atoms with Crippen molar-refractivity contribution < 1.29 is 61.4 Å². The molecule has 0 saturated carbocycles. The maximum absolute atomic E-state index is 13.3. The van der Waals surface area contributed by atoms with E-state index in [9.17, 15) is 48.3 Å². The maximum atomic E-state index is 13.3. The summed E-state index contributed by atoms with van der Waals surface area (Å²) in [5, 5.41) is 20.5. The number of nitrogen functional groups attached to an aromatic ring is 2. The summed E-state index contributed by atoms with van der Waals surface area (Å²) in [5.74, 6) is -0.241. The van der Waals surface area contributed by atoms with Gasteiger partial charge in [0.25, 0.3) is 11.1 Å². The molecule has 58 heavy (non-hydrogen) atoms. The number of rotatable bonds is 14. The number of hydrogen-bond acceptors (Lipinski definition) is 20. The third-order valence-electron chi connectivity index (χ3n) is 9.46. The van der Waals surface area contributed by atoms with Crippen molar-refractivity contribution in [3.8, 4) is 0 Å². The number of nitrogens with one attached hydrogen (secondary N) is 2. The number of ether oxygens (including phenoxy) is 3. The molecular formula is C29H38N10O17P2. The Kier molecular flexibility index (Phi) is 11.7. The summed E-state index contributed by atoms with van der Waals surface area (Å²) in [6.07, 6.45) is -8.05. The minimum atomic E-state index is -5.09. The van der Waals surface area contributed by atoms with Crippen LogP contribution in [0.5, 0.6) is 0 Å². The first-order chi connectivity index (χ1) is 27.4. The Hall–Kier alpha value is -4.47. The number of aliphatic hydroxyl groups is 2. The highest BCUT2D eigenvalue weighted by Gasteiger charge is 2.46. The van der Waals surface area contributed by atoms with Gasteiger partial charge in [-0.3, -0.25) is 51.4 Å². The van der Waals surface area contributed by atoms with E-state index in [1.807, 2.05) is 0 Å². The minimum Gasteiger partial charge on any atom is -0.394 e. The molecule has 0 bridgehead atoms. The van der Waals surface area contributed by atoms with Crippen molar-refractivity contribution in [3.63, 3.8) is 0 Å². The number of aromatic amines is 2. The van der Waals surface area contributed by atoms with E-state index in [-0.39, 0.29) is 47.8 Å². The first-order valence-electron chi connectivity index (χ1n) is 17.4. The number of phosphoric ester groups is 2. The van der Waals surface area contributed by atoms with E-state index >= 15 is 0 Å². The van der Waals surface area contributed by atoms with Gasteiger partial charge in [-0.25, -0.2) is 23.7 Å². The second kappa shape index (κ2) is 16.3. The van der Waals surface area contributed by atoms with Gasteiger partial charge in [0, 0.05) is 37.2 Å². The van der Waals surface area contributed by atoms with E-state index < -0.39 is 113 Å². The zero-order valence-electron chi connectivity index (χ0n) is 30.1. The molecule has 0 aromatic carbocycles. The number of aryl methyl sites for hydroxylation is 1. The number of fused-ring (bicyclic) bond motifs is 1. The molecule has 0 amide bonds. The number of nitrogens with two attached hydrogens (primary N) is 2. The first kappa shape index (κ1) is 41.7. The molecule has 0 radical (unpaired) electrons. The topological polar surface area (TPSA) is 385 Å². The molecule has 3 fully saturated rings. The van der Waals surface area contributed by atoms with Gasteiger partial charge in [0.05, 0.1) is 32.3 Å². The maximum Gasteiger partial charge on any atom is 0.472 e. The normalized spacial score (nSPS) is 29.5. The van der Waals surface area contributed by atoms with Crippen LogP contribution in [0.3, 0.4) is 0 Å². The molecule has 2 unspecified atom stereocenters. The van der Waals surface area contributed by atoms with Crippen molar-refractivity contribution >= 4 is 38.6 Å². The number of imidazole rings is 1. The van der Waals surface area contributed by atoms with Gasteiger partial charge in [0.2, 0.25) is 5.95 Å². The Morgan fingerprint density at radius 1 is 0.845 bits per heavy atom. The predicted molar refractivity (Wildman–Crippen MR) is 192 cm³/mol. The van der Waals surface area contributed by atoms with Gasteiger partial charge in [0.1, 0.15) is 55.0 Å². The third-order valence-corrected chi connectivity index (χ3v) is 11.5. The van der Waals surface area contributed by atoms with E-state index in [4.69, 9.17) is 43.8 Å². The molecule has 0 aliphatic carbocycles. The average Bonchev–Trinajstić information content (AvgIpc) is 3.93. The monoisotopic (exact) mass is 860 g/mol. The number of phosphoric acid groups is 2. The summed E-state index contributed by atoms with van der Waals surface area (Å²) in [4.78, 5) is 86.8. The highest BCUT2D eigenvalue weighted by atomic mass is 31.2. The SMILES string of the molecule is Cc1cn([C@H]2C[C@H](OP(=O)(O)OC[C@H]3O[C@@H](n4ccc(N)nc4=O)C[C@@H]3O)[C@@H](COP(=O)(O)O[C@H]3C[C@H](n4cnc5c(=O)[nH]c(N)nc54)O[C@@H]3CO)O2)c(=O)[nH]c1=O. The van der Waals surface area contributed by atoms with Crippen molar-refractivity contribution in [1.29, 1.82) is 0 Å². The lowest BCUT2D eigenvalue weighted by Gasteiger charge is -2.24. The zero-order chi connectivity index (χ0) is 41.7. The smallest absolute Gasteiger partial charge is 0.394 e. The van der Waals surface area contributed by atoms with Crippen molar-refractivity contribution in [3.05, 3.63) is 72.0 Å².